The number of amides is 1. The van der Waals surface area contributed by atoms with Crippen LogP contribution in [-0.2, 0) is 5.54 Å². The second kappa shape index (κ2) is 10.0. The van der Waals surface area contributed by atoms with E-state index in [0.717, 1.165) is 17.4 Å². The first kappa shape index (κ1) is 23.5. The Hall–Kier alpha value is -2.12. The highest BCUT2D eigenvalue weighted by molar-refractivity contribution is 6.31. The Morgan fingerprint density at radius 2 is 2.06 bits per heavy atom. The van der Waals surface area contributed by atoms with Crippen LogP contribution in [0.3, 0.4) is 0 Å². The van der Waals surface area contributed by atoms with Gasteiger partial charge in [-0.1, -0.05) is 31.4 Å². The van der Waals surface area contributed by atoms with Gasteiger partial charge in [0.15, 0.2) is 0 Å². The molecule has 7 nitrogen and oxygen atoms in total. The fourth-order valence-electron chi connectivity index (χ4n) is 4.11. The first-order valence-electron chi connectivity index (χ1n) is 11.2. The Bertz CT molecular complexity index is 904. The van der Waals surface area contributed by atoms with Gasteiger partial charge in [-0.25, -0.2) is 9.67 Å². The molecule has 2 aromatic heterocycles. The molecule has 0 bridgehead atoms. The van der Waals surface area contributed by atoms with Crippen LogP contribution in [0.25, 0.3) is 0 Å². The van der Waals surface area contributed by atoms with Crippen molar-refractivity contribution >= 4 is 29.1 Å². The lowest BCUT2D eigenvalue weighted by atomic mass is 9.81. The van der Waals surface area contributed by atoms with E-state index in [4.69, 9.17) is 22.4 Å². The summed E-state index contributed by atoms with van der Waals surface area (Å²) in [5.41, 5.74) is 6.68. The van der Waals surface area contributed by atoms with E-state index in [0.29, 0.717) is 36.3 Å². The lowest BCUT2D eigenvalue weighted by Gasteiger charge is -2.25. The number of hydrogen-bond donors (Lipinski definition) is 3. The highest BCUT2D eigenvalue weighted by Gasteiger charge is 2.27. The summed E-state index contributed by atoms with van der Waals surface area (Å²) in [7, 11) is 0. The van der Waals surface area contributed by atoms with Crippen LogP contribution in [0.1, 0.15) is 81.9 Å². The van der Waals surface area contributed by atoms with Gasteiger partial charge in [0.05, 0.1) is 11.2 Å². The summed E-state index contributed by atoms with van der Waals surface area (Å²) in [5.74, 6) is 2.31. The van der Waals surface area contributed by atoms with Crippen LogP contribution in [0.2, 0.25) is 5.02 Å². The lowest BCUT2D eigenvalue weighted by Crippen LogP contribution is -2.27. The summed E-state index contributed by atoms with van der Waals surface area (Å²) in [6.45, 7) is 9.73. The second-order valence-corrected chi connectivity index (χ2v) is 10.0. The molecule has 0 saturated heterocycles. The molecule has 3 rings (SSSR count). The van der Waals surface area contributed by atoms with Crippen molar-refractivity contribution in [2.45, 2.75) is 71.3 Å². The average molecular weight is 447 g/mol. The molecule has 2 aromatic rings. The van der Waals surface area contributed by atoms with E-state index in [9.17, 15) is 4.79 Å². The highest BCUT2D eigenvalue weighted by atomic mass is 35.5. The van der Waals surface area contributed by atoms with Crippen molar-refractivity contribution in [1.82, 2.24) is 20.1 Å². The third-order valence-electron chi connectivity index (χ3n) is 5.66. The minimum atomic E-state index is -0.264. The molecule has 31 heavy (non-hydrogen) atoms. The molecule has 1 fully saturated rings. The van der Waals surface area contributed by atoms with Gasteiger partial charge in [-0.15, -0.1) is 0 Å². The molecule has 1 aliphatic rings. The Kier molecular flexibility index (Phi) is 7.59. The van der Waals surface area contributed by atoms with Crippen molar-refractivity contribution < 1.29 is 4.79 Å². The molecule has 1 saturated carbocycles. The van der Waals surface area contributed by atoms with Gasteiger partial charge in [-0.2, -0.15) is 5.10 Å². The third kappa shape index (κ3) is 6.20. The molecule has 0 radical (unpaired) electrons. The van der Waals surface area contributed by atoms with Gasteiger partial charge in [0, 0.05) is 23.6 Å². The topological polar surface area (TPSA) is 97.9 Å². The molecule has 1 unspecified atom stereocenters. The summed E-state index contributed by atoms with van der Waals surface area (Å²) in [4.78, 5) is 16.9. The Morgan fingerprint density at radius 1 is 1.29 bits per heavy atom. The molecular weight excluding hydrogens is 412 g/mol. The first-order valence-corrected chi connectivity index (χ1v) is 11.6. The number of nitrogens with zero attached hydrogens (tertiary/aromatic N) is 3. The van der Waals surface area contributed by atoms with Crippen LogP contribution in [-0.4, -0.2) is 33.8 Å². The standard InChI is InChI=1S/C23H35ClN6O/c1-15-7-5-8-16(11-15)18-14-21(30(29-18)23(2,3)4)28-20-13-17(24)12-19(27-20)22(31)26-10-6-9-25/h12-16H,5-11,25H2,1-4H3,(H,26,31)(H,27,28)/t15?,16-/m0/s1. The molecule has 2 atom stereocenters. The summed E-state index contributed by atoms with van der Waals surface area (Å²) in [5, 5.41) is 11.6. The van der Waals surface area contributed by atoms with Gasteiger partial charge in [0.2, 0.25) is 0 Å². The predicted molar refractivity (Wildman–Crippen MR) is 126 cm³/mol. The highest BCUT2D eigenvalue weighted by Crippen LogP contribution is 2.37. The SMILES string of the molecule is CC1CCC[C@H](c2cc(Nc3cc(Cl)cc(C(=O)NCCCN)n3)n(C(C)(C)C)n2)C1. The van der Waals surface area contributed by atoms with E-state index in [-0.39, 0.29) is 17.1 Å². The number of carbonyl (C=O) groups is 1. The summed E-state index contributed by atoms with van der Waals surface area (Å²) in [6.07, 6.45) is 5.60. The minimum absolute atomic E-state index is 0.206. The zero-order valence-electron chi connectivity index (χ0n) is 19.0. The van der Waals surface area contributed by atoms with Crippen molar-refractivity contribution in [1.29, 1.82) is 0 Å². The number of halogens is 1. The molecular formula is C23H35ClN6O. The van der Waals surface area contributed by atoms with Crippen molar-refractivity contribution in [2.75, 3.05) is 18.4 Å². The van der Waals surface area contributed by atoms with Crippen molar-refractivity contribution in [3.8, 4) is 0 Å². The van der Waals surface area contributed by atoms with Gasteiger partial charge < -0.3 is 16.4 Å². The third-order valence-corrected chi connectivity index (χ3v) is 5.88. The molecule has 0 aromatic carbocycles. The van der Waals surface area contributed by atoms with Gasteiger partial charge in [-0.3, -0.25) is 4.79 Å². The van der Waals surface area contributed by atoms with Gasteiger partial charge >= 0.3 is 0 Å². The summed E-state index contributed by atoms with van der Waals surface area (Å²) < 4.78 is 2.01. The normalized spacial score (nSPS) is 19.3. The largest absolute Gasteiger partial charge is 0.351 e. The predicted octanol–water partition coefficient (Wildman–Crippen LogP) is 4.80. The smallest absolute Gasteiger partial charge is 0.270 e. The van der Waals surface area contributed by atoms with Crippen LogP contribution in [0.4, 0.5) is 11.6 Å². The fraction of sp³-hybridized carbons (Fsp3) is 0.609. The minimum Gasteiger partial charge on any atom is -0.351 e. The number of rotatable bonds is 7. The molecule has 4 N–H and O–H groups in total. The maximum Gasteiger partial charge on any atom is 0.270 e. The summed E-state index contributed by atoms with van der Waals surface area (Å²) >= 11 is 6.29. The van der Waals surface area contributed by atoms with Crippen molar-refractivity contribution in [3.63, 3.8) is 0 Å². The zero-order chi connectivity index (χ0) is 22.6. The monoisotopic (exact) mass is 446 g/mol. The Morgan fingerprint density at radius 3 is 2.74 bits per heavy atom. The van der Waals surface area contributed by atoms with E-state index in [1.165, 1.54) is 25.7 Å². The number of carbonyl (C=O) groups excluding carboxylic acids is 1. The number of nitrogens with one attached hydrogen (secondary N) is 2. The Labute approximate surface area is 190 Å². The molecule has 1 amide bonds. The maximum atomic E-state index is 12.4. The Balaban J connectivity index is 1.86. The number of aromatic nitrogens is 3. The second-order valence-electron chi connectivity index (χ2n) is 9.58. The lowest BCUT2D eigenvalue weighted by molar-refractivity contribution is 0.0948. The number of anilines is 2. The fourth-order valence-corrected chi connectivity index (χ4v) is 4.31. The number of nitrogens with two attached hydrogens (primary N) is 1. The zero-order valence-corrected chi connectivity index (χ0v) is 19.8. The molecule has 2 heterocycles. The van der Waals surface area contributed by atoms with E-state index in [2.05, 4.69) is 49.4 Å². The molecule has 1 aliphatic carbocycles. The number of pyridine rings is 1. The molecule has 0 aliphatic heterocycles. The van der Waals surface area contributed by atoms with Crippen LogP contribution >= 0.6 is 11.6 Å². The van der Waals surface area contributed by atoms with Crippen LogP contribution in [0.15, 0.2) is 18.2 Å². The van der Waals surface area contributed by atoms with Crippen LogP contribution in [0.5, 0.6) is 0 Å². The van der Waals surface area contributed by atoms with Crippen LogP contribution < -0.4 is 16.4 Å². The summed E-state index contributed by atoms with van der Waals surface area (Å²) in [6, 6.07) is 5.42. The van der Waals surface area contributed by atoms with Crippen molar-refractivity contribution in [3.05, 3.63) is 34.6 Å². The van der Waals surface area contributed by atoms with Gasteiger partial charge in [-0.05, 0) is 64.6 Å². The van der Waals surface area contributed by atoms with E-state index < -0.39 is 0 Å². The number of hydrogen-bond acceptors (Lipinski definition) is 5. The van der Waals surface area contributed by atoms with Crippen molar-refractivity contribution in [2.24, 2.45) is 11.7 Å². The van der Waals surface area contributed by atoms with E-state index >= 15 is 0 Å². The van der Waals surface area contributed by atoms with Crippen LogP contribution in [0, 0.1) is 5.92 Å². The molecule has 170 valence electrons. The first-order chi connectivity index (χ1) is 14.7. The van der Waals surface area contributed by atoms with E-state index in [1.54, 1.807) is 12.1 Å². The molecule has 8 heteroatoms. The molecule has 0 spiro atoms. The van der Waals surface area contributed by atoms with E-state index in [1.807, 2.05) is 4.68 Å². The maximum absolute atomic E-state index is 12.4. The van der Waals surface area contributed by atoms with Gasteiger partial charge in [0.25, 0.3) is 5.91 Å². The van der Waals surface area contributed by atoms with Gasteiger partial charge in [0.1, 0.15) is 17.3 Å². The quantitative estimate of drug-likeness (QED) is 0.530. The average Bonchev–Trinajstić information content (AvgIpc) is 3.12.